The minimum absolute atomic E-state index is 0.354. The van der Waals surface area contributed by atoms with Gasteiger partial charge in [-0.15, -0.1) is 0 Å². The van der Waals surface area contributed by atoms with Crippen LogP contribution in [-0.4, -0.2) is 19.0 Å². The number of esters is 1. The van der Waals surface area contributed by atoms with Gasteiger partial charge in [0.2, 0.25) is 5.91 Å². The van der Waals surface area contributed by atoms with Gasteiger partial charge in [0.15, 0.2) is 0 Å². The number of rotatable bonds is 2. The lowest BCUT2D eigenvalue weighted by Gasteiger charge is -2.23. The lowest BCUT2D eigenvalue weighted by atomic mass is 9.82. The van der Waals surface area contributed by atoms with Gasteiger partial charge < -0.3 is 10.5 Å². The molecule has 1 aliphatic carbocycles. The van der Waals surface area contributed by atoms with Crippen molar-refractivity contribution in [3.05, 3.63) is 12.2 Å². The highest BCUT2D eigenvalue weighted by Crippen LogP contribution is 2.26. The van der Waals surface area contributed by atoms with Crippen LogP contribution in [0.1, 0.15) is 12.8 Å². The molecule has 2 atom stereocenters. The standard InChI is InChI=1S/C9H13NO3/c1-13-9(12)7-5-3-2-4-6(7)8(10)11/h2-3,6-7H,4-5H2,1H3,(H2,10,11). The number of methoxy groups -OCH3 is 1. The number of carbonyl (C=O) groups is 2. The van der Waals surface area contributed by atoms with Crippen LogP contribution in [0.4, 0.5) is 0 Å². The second kappa shape index (κ2) is 4.07. The molecule has 0 bridgehead atoms. The van der Waals surface area contributed by atoms with Crippen molar-refractivity contribution in [2.45, 2.75) is 12.8 Å². The third-order valence-corrected chi connectivity index (χ3v) is 2.30. The average molecular weight is 183 g/mol. The Balaban J connectivity index is 2.75. The molecule has 0 aromatic carbocycles. The monoisotopic (exact) mass is 183 g/mol. The summed E-state index contributed by atoms with van der Waals surface area (Å²) in [7, 11) is 1.32. The van der Waals surface area contributed by atoms with Gasteiger partial charge in [0.05, 0.1) is 18.9 Å². The maximum absolute atomic E-state index is 11.2. The minimum Gasteiger partial charge on any atom is -0.469 e. The molecule has 72 valence electrons. The summed E-state index contributed by atoms with van der Waals surface area (Å²) in [5, 5.41) is 0. The van der Waals surface area contributed by atoms with E-state index in [1.54, 1.807) is 0 Å². The number of allylic oxidation sites excluding steroid dienone is 2. The van der Waals surface area contributed by atoms with E-state index in [2.05, 4.69) is 4.74 Å². The zero-order valence-corrected chi connectivity index (χ0v) is 7.53. The number of hydrogen-bond acceptors (Lipinski definition) is 3. The molecule has 4 heteroatoms. The molecule has 0 aromatic heterocycles. The van der Waals surface area contributed by atoms with Gasteiger partial charge in [-0.05, 0) is 12.8 Å². The van der Waals surface area contributed by atoms with Crippen molar-refractivity contribution >= 4 is 11.9 Å². The lowest BCUT2D eigenvalue weighted by molar-refractivity contribution is -0.150. The predicted molar refractivity (Wildman–Crippen MR) is 46.6 cm³/mol. The summed E-state index contributed by atoms with van der Waals surface area (Å²) in [6.07, 6.45) is 4.82. The molecule has 0 fully saturated rings. The lowest BCUT2D eigenvalue weighted by Crippen LogP contribution is -2.35. The molecule has 0 aliphatic heterocycles. The molecule has 0 heterocycles. The zero-order valence-electron chi connectivity index (χ0n) is 7.53. The first kappa shape index (κ1) is 9.77. The van der Waals surface area contributed by atoms with Crippen molar-refractivity contribution in [1.29, 1.82) is 0 Å². The minimum atomic E-state index is -0.431. The van der Waals surface area contributed by atoms with E-state index in [0.717, 1.165) is 0 Å². The summed E-state index contributed by atoms with van der Waals surface area (Å²) in [6.45, 7) is 0. The predicted octanol–water partition coefficient (Wildman–Crippen LogP) is 0.227. The third-order valence-electron chi connectivity index (χ3n) is 2.30. The second-order valence-corrected chi connectivity index (χ2v) is 3.08. The molecule has 0 saturated carbocycles. The number of hydrogen-bond donors (Lipinski definition) is 1. The Labute approximate surface area is 76.7 Å². The Kier molecular flexibility index (Phi) is 3.06. The molecular weight excluding hydrogens is 170 g/mol. The first-order valence-corrected chi connectivity index (χ1v) is 4.19. The molecule has 2 N–H and O–H groups in total. The van der Waals surface area contributed by atoms with Crippen LogP contribution < -0.4 is 5.73 Å². The number of amides is 1. The molecule has 1 aliphatic rings. The van der Waals surface area contributed by atoms with Gasteiger partial charge in [0.25, 0.3) is 0 Å². The van der Waals surface area contributed by atoms with Crippen LogP contribution in [0.25, 0.3) is 0 Å². The zero-order chi connectivity index (χ0) is 9.84. The first-order chi connectivity index (χ1) is 6.16. The van der Waals surface area contributed by atoms with Gasteiger partial charge >= 0.3 is 5.97 Å². The second-order valence-electron chi connectivity index (χ2n) is 3.08. The fourth-order valence-corrected chi connectivity index (χ4v) is 1.54. The van der Waals surface area contributed by atoms with Crippen molar-refractivity contribution in [1.82, 2.24) is 0 Å². The SMILES string of the molecule is COC(=O)C1CC=CCC1C(N)=O. The van der Waals surface area contributed by atoms with Crippen LogP contribution in [-0.2, 0) is 14.3 Å². The molecular formula is C9H13NO3. The average Bonchev–Trinajstić information content (AvgIpc) is 2.16. The van der Waals surface area contributed by atoms with Crippen molar-refractivity contribution in [2.24, 2.45) is 17.6 Å². The van der Waals surface area contributed by atoms with Crippen LogP contribution >= 0.6 is 0 Å². The Bertz CT molecular complexity index is 247. The van der Waals surface area contributed by atoms with E-state index in [-0.39, 0.29) is 5.97 Å². The Morgan fingerprint density at radius 3 is 2.31 bits per heavy atom. The van der Waals surface area contributed by atoms with E-state index >= 15 is 0 Å². The summed E-state index contributed by atoms with van der Waals surface area (Å²) in [4.78, 5) is 22.2. The normalized spacial score (nSPS) is 26.8. The van der Waals surface area contributed by atoms with E-state index in [9.17, 15) is 9.59 Å². The number of nitrogens with two attached hydrogens (primary N) is 1. The molecule has 1 amide bonds. The molecule has 13 heavy (non-hydrogen) atoms. The van der Waals surface area contributed by atoms with Crippen LogP contribution in [0.3, 0.4) is 0 Å². The van der Waals surface area contributed by atoms with Crippen LogP contribution in [0.5, 0.6) is 0 Å². The van der Waals surface area contributed by atoms with E-state index in [1.807, 2.05) is 12.2 Å². The van der Waals surface area contributed by atoms with Crippen molar-refractivity contribution in [2.75, 3.05) is 7.11 Å². The van der Waals surface area contributed by atoms with Crippen LogP contribution in [0.2, 0.25) is 0 Å². The first-order valence-electron chi connectivity index (χ1n) is 4.19. The van der Waals surface area contributed by atoms with Gasteiger partial charge in [-0.3, -0.25) is 9.59 Å². The fraction of sp³-hybridized carbons (Fsp3) is 0.556. The molecule has 0 radical (unpaired) electrons. The van der Waals surface area contributed by atoms with Gasteiger partial charge in [-0.25, -0.2) is 0 Å². The van der Waals surface area contributed by atoms with Crippen molar-refractivity contribution in [3.8, 4) is 0 Å². The summed E-state index contributed by atoms with van der Waals surface area (Å²) in [5.41, 5.74) is 5.17. The number of ether oxygens (including phenoxy) is 1. The Morgan fingerprint density at radius 1 is 1.31 bits per heavy atom. The van der Waals surface area contributed by atoms with Gasteiger partial charge in [-0.2, -0.15) is 0 Å². The summed E-state index contributed by atoms with van der Waals surface area (Å²) in [5.74, 6) is -1.59. The maximum Gasteiger partial charge on any atom is 0.309 e. The maximum atomic E-state index is 11.2. The summed E-state index contributed by atoms with van der Waals surface area (Å²) >= 11 is 0. The van der Waals surface area contributed by atoms with Gasteiger partial charge in [0.1, 0.15) is 0 Å². The molecule has 1 rings (SSSR count). The molecule has 0 aromatic rings. The highest BCUT2D eigenvalue weighted by molar-refractivity contribution is 5.84. The van der Waals surface area contributed by atoms with Crippen LogP contribution in [0.15, 0.2) is 12.2 Å². The van der Waals surface area contributed by atoms with E-state index in [0.29, 0.717) is 12.8 Å². The van der Waals surface area contributed by atoms with Crippen molar-refractivity contribution in [3.63, 3.8) is 0 Å². The van der Waals surface area contributed by atoms with E-state index in [1.165, 1.54) is 7.11 Å². The summed E-state index contributed by atoms with van der Waals surface area (Å²) in [6, 6.07) is 0. The van der Waals surface area contributed by atoms with Gasteiger partial charge in [-0.1, -0.05) is 12.2 Å². The summed E-state index contributed by atoms with van der Waals surface area (Å²) < 4.78 is 4.59. The number of primary amides is 1. The van der Waals surface area contributed by atoms with E-state index < -0.39 is 17.7 Å². The molecule has 4 nitrogen and oxygen atoms in total. The topological polar surface area (TPSA) is 69.4 Å². The highest BCUT2D eigenvalue weighted by Gasteiger charge is 2.33. The van der Waals surface area contributed by atoms with Crippen LogP contribution in [0, 0.1) is 11.8 Å². The Hall–Kier alpha value is -1.32. The highest BCUT2D eigenvalue weighted by atomic mass is 16.5. The largest absolute Gasteiger partial charge is 0.469 e. The Morgan fingerprint density at radius 2 is 1.85 bits per heavy atom. The fourth-order valence-electron chi connectivity index (χ4n) is 1.54. The van der Waals surface area contributed by atoms with E-state index in [4.69, 9.17) is 5.73 Å². The van der Waals surface area contributed by atoms with Crippen molar-refractivity contribution < 1.29 is 14.3 Å². The smallest absolute Gasteiger partial charge is 0.309 e. The molecule has 0 spiro atoms. The number of carbonyl (C=O) groups excluding carboxylic acids is 2. The third kappa shape index (κ3) is 2.08. The quantitative estimate of drug-likeness (QED) is 0.492. The van der Waals surface area contributed by atoms with Gasteiger partial charge in [0, 0.05) is 0 Å². The molecule has 2 unspecified atom stereocenters. The molecule has 0 saturated heterocycles.